The smallest absolute Gasteiger partial charge is 0.133 e. The molecule has 0 radical (unpaired) electrons. The molecule has 0 fully saturated rings. The van der Waals surface area contributed by atoms with E-state index in [1.807, 2.05) is 6.08 Å². The van der Waals surface area contributed by atoms with Gasteiger partial charge in [-0.15, -0.1) is 6.58 Å². The lowest BCUT2D eigenvalue weighted by molar-refractivity contribution is -0.120. The number of Topliss-reactive ketones (excluding diaryl/α,β-unsaturated/α-hetero) is 1. The first-order chi connectivity index (χ1) is 10.6. The second-order valence-electron chi connectivity index (χ2n) is 7.01. The van der Waals surface area contributed by atoms with Crippen LogP contribution in [0.3, 0.4) is 0 Å². The summed E-state index contributed by atoms with van der Waals surface area (Å²) >= 11 is 0. The third-order valence-electron chi connectivity index (χ3n) is 4.15. The first kappa shape index (κ1) is 21.1. The van der Waals surface area contributed by atoms with E-state index in [0.29, 0.717) is 11.7 Å². The number of hydrogen-bond donors (Lipinski definition) is 0. The Morgan fingerprint density at radius 2 is 1.55 bits per heavy atom. The minimum atomic E-state index is 0.468. The predicted molar refractivity (Wildman–Crippen MR) is 99.2 cm³/mol. The van der Waals surface area contributed by atoms with Gasteiger partial charge in [-0.2, -0.15) is 0 Å². The molecule has 0 aromatic heterocycles. The van der Waals surface area contributed by atoms with E-state index in [1.165, 1.54) is 44.1 Å². The lowest BCUT2D eigenvalue weighted by Gasteiger charge is -2.09. The number of rotatable bonds is 15. The van der Waals surface area contributed by atoms with Crippen LogP contribution < -0.4 is 0 Å². The third kappa shape index (κ3) is 15.5. The Hall–Kier alpha value is -0.850. The minimum absolute atomic E-state index is 0.468. The van der Waals surface area contributed by atoms with Gasteiger partial charge in [0.25, 0.3) is 0 Å². The van der Waals surface area contributed by atoms with Crippen molar-refractivity contribution in [1.29, 1.82) is 0 Å². The van der Waals surface area contributed by atoms with Gasteiger partial charge in [0.2, 0.25) is 0 Å². The van der Waals surface area contributed by atoms with Crippen LogP contribution in [0.1, 0.15) is 97.8 Å². The zero-order chi connectivity index (χ0) is 16.6. The first-order valence-electron chi connectivity index (χ1n) is 9.32. The van der Waals surface area contributed by atoms with E-state index in [1.54, 1.807) is 0 Å². The molecule has 0 aromatic rings. The average Bonchev–Trinajstić information content (AvgIpc) is 2.45. The predicted octanol–water partition coefficient (Wildman–Crippen LogP) is 7.03. The number of hydrogen-bond acceptors (Lipinski definition) is 1. The van der Waals surface area contributed by atoms with Gasteiger partial charge >= 0.3 is 0 Å². The molecule has 1 unspecified atom stereocenters. The summed E-state index contributed by atoms with van der Waals surface area (Å²) in [5.74, 6) is 1.00. The van der Waals surface area contributed by atoms with E-state index in [2.05, 4.69) is 33.4 Å². The summed E-state index contributed by atoms with van der Waals surface area (Å²) in [7, 11) is 0. The molecule has 0 saturated carbocycles. The van der Waals surface area contributed by atoms with Crippen molar-refractivity contribution in [1.82, 2.24) is 0 Å². The topological polar surface area (TPSA) is 17.1 Å². The number of ketones is 1. The fourth-order valence-electron chi connectivity index (χ4n) is 2.74. The van der Waals surface area contributed by atoms with E-state index < -0.39 is 0 Å². The zero-order valence-electron chi connectivity index (χ0n) is 15.3. The van der Waals surface area contributed by atoms with E-state index in [9.17, 15) is 4.79 Å². The fourth-order valence-corrected chi connectivity index (χ4v) is 2.74. The highest BCUT2D eigenvalue weighted by Gasteiger charge is 2.08. The Kier molecular flexibility index (Phi) is 14.5. The molecule has 1 nitrogen and oxygen atoms in total. The van der Waals surface area contributed by atoms with Crippen molar-refractivity contribution in [2.45, 2.75) is 97.8 Å². The molecule has 0 aliphatic carbocycles. The zero-order valence-corrected chi connectivity index (χ0v) is 15.3. The van der Waals surface area contributed by atoms with Crippen LogP contribution in [0.2, 0.25) is 0 Å². The molecule has 0 aliphatic rings. The summed E-state index contributed by atoms with van der Waals surface area (Å²) < 4.78 is 0. The second-order valence-corrected chi connectivity index (χ2v) is 7.01. The molecule has 0 aromatic carbocycles. The summed E-state index contributed by atoms with van der Waals surface area (Å²) in [6.07, 6.45) is 18.1. The Morgan fingerprint density at radius 3 is 2.14 bits per heavy atom. The number of carbonyl (C=O) groups is 1. The number of unbranched alkanes of at least 4 members (excludes halogenated alkanes) is 7. The lowest BCUT2D eigenvalue weighted by Crippen LogP contribution is -2.05. The van der Waals surface area contributed by atoms with Crippen molar-refractivity contribution >= 4 is 5.78 Å². The maximum absolute atomic E-state index is 11.9. The normalized spacial score (nSPS) is 12.0. The maximum atomic E-state index is 11.9. The molecule has 0 amide bonds. The van der Waals surface area contributed by atoms with Crippen LogP contribution in [0, 0.1) is 5.92 Å². The molecular weight excluding hydrogens is 268 g/mol. The largest absolute Gasteiger partial charge is 0.300 e. The van der Waals surface area contributed by atoms with Crippen LogP contribution in [0.25, 0.3) is 0 Å². The Balaban J connectivity index is 3.42. The van der Waals surface area contributed by atoms with Gasteiger partial charge in [0.05, 0.1) is 0 Å². The molecule has 0 saturated heterocycles. The van der Waals surface area contributed by atoms with Crippen LogP contribution in [-0.4, -0.2) is 5.78 Å². The van der Waals surface area contributed by atoms with Crippen molar-refractivity contribution in [2.75, 3.05) is 0 Å². The van der Waals surface area contributed by atoms with Gasteiger partial charge in [0.15, 0.2) is 0 Å². The van der Waals surface area contributed by atoms with Crippen LogP contribution in [0.4, 0.5) is 0 Å². The SMILES string of the molecule is C=CCCCCCCCCCC(=O)CC(C)CCC=C(C)C. The lowest BCUT2D eigenvalue weighted by atomic mass is 9.96. The average molecular weight is 307 g/mol. The standard InChI is InChI=1S/C21H38O/c1-5-6-7-8-9-10-11-12-13-17-21(22)18-20(4)16-14-15-19(2)3/h5,15,20H,1,6-14,16-18H2,2-4H3. The van der Waals surface area contributed by atoms with Gasteiger partial charge in [0, 0.05) is 12.8 Å². The Labute approximate surface area is 139 Å². The Bertz CT molecular complexity index is 310. The van der Waals surface area contributed by atoms with Crippen LogP contribution >= 0.6 is 0 Å². The molecule has 1 atom stereocenters. The summed E-state index contributed by atoms with van der Waals surface area (Å²) in [6, 6.07) is 0. The molecular formula is C21H38O. The van der Waals surface area contributed by atoms with E-state index >= 15 is 0 Å². The van der Waals surface area contributed by atoms with Crippen molar-refractivity contribution in [3.05, 3.63) is 24.3 Å². The highest BCUT2D eigenvalue weighted by molar-refractivity contribution is 5.78. The summed E-state index contributed by atoms with van der Waals surface area (Å²) in [5, 5.41) is 0. The van der Waals surface area contributed by atoms with Crippen LogP contribution in [0.5, 0.6) is 0 Å². The van der Waals surface area contributed by atoms with Gasteiger partial charge in [-0.1, -0.05) is 56.8 Å². The second kappa shape index (κ2) is 15.1. The van der Waals surface area contributed by atoms with Gasteiger partial charge < -0.3 is 0 Å². The molecule has 22 heavy (non-hydrogen) atoms. The van der Waals surface area contributed by atoms with Gasteiger partial charge in [-0.05, 0) is 51.9 Å². The highest BCUT2D eigenvalue weighted by Crippen LogP contribution is 2.15. The van der Waals surface area contributed by atoms with Crippen LogP contribution in [-0.2, 0) is 4.79 Å². The molecule has 0 N–H and O–H groups in total. The molecule has 0 spiro atoms. The molecule has 128 valence electrons. The van der Waals surface area contributed by atoms with Crippen molar-refractivity contribution in [2.24, 2.45) is 5.92 Å². The van der Waals surface area contributed by atoms with Crippen molar-refractivity contribution < 1.29 is 4.79 Å². The third-order valence-corrected chi connectivity index (χ3v) is 4.15. The van der Waals surface area contributed by atoms with E-state index in [4.69, 9.17) is 0 Å². The molecule has 0 heterocycles. The van der Waals surface area contributed by atoms with E-state index in [0.717, 1.165) is 38.5 Å². The number of carbonyl (C=O) groups excluding carboxylic acids is 1. The van der Waals surface area contributed by atoms with Gasteiger partial charge in [-0.25, -0.2) is 0 Å². The summed E-state index contributed by atoms with van der Waals surface area (Å²) in [5.41, 5.74) is 1.38. The monoisotopic (exact) mass is 306 g/mol. The highest BCUT2D eigenvalue weighted by atomic mass is 16.1. The molecule has 0 bridgehead atoms. The van der Waals surface area contributed by atoms with Crippen LogP contribution in [0.15, 0.2) is 24.3 Å². The van der Waals surface area contributed by atoms with E-state index in [-0.39, 0.29) is 0 Å². The summed E-state index contributed by atoms with van der Waals surface area (Å²) in [4.78, 5) is 11.9. The number of allylic oxidation sites excluding steroid dienone is 3. The molecule has 0 aliphatic heterocycles. The van der Waals surface area contributed by atoms with Crippen molar-refractivity contribution in [3.63, 3.8) is 0 Å². The maximum Gasteiger partial charge on any atom is 0.133 e. The quantitative estimate of drug-likeness (QED) is 0.234. The van der Waals surface area contributed by atoms with Gasteiger partial charge in [-0.3, -0.25) is 4.79 Å². The summed E-state index contributed by atoms with van der Waals surface area (Å²) in [6.45, 7) is 10.2. The fraction of sp³-hybridized carbons (Fsp3) is 0.762. The minimum Gasteiger partial charge on any atom is -0.300 e. The molecule has 1 heteroatoms. The molecule has 0 rings (SSSR count). The van der Waals surface area contributed by atoms with Gasteiger partial charge in [0.1, 0.15) is 5.78 Å². The first-order valence-corrected chi connectivity index (χ1v) is 9.32. The van der Waals surface area contributed by atoms with Crippen molar-refractivity contribution in [3.8, 4) is 0 Å². The Morgan fingerprint density at radius 1 is 0.955 bits per heavy atom.